The molecular formula is C63H88. The van der Waals surface area contributed by atoms with Crippen LogP contribution in [0.4, 0.5) is 0 Å². The van der Waals surface area contributed by atoms with Crippen LogP contribution in [0.2, 0.25) is 0 Å². The Morgan fingerprint density at radius 2 is 0.333 bits per heavy atom. The van der Waals surface area contributed by atoms with Crippen LogP contribution in [0.1, 0.15) is 114 Å². The number of hydrogen-bond donors (Lipinski definition) is 0. The fraction of sp³-hybridized carbons (Fsp3) is 0.270. The third-order valence-electron chi connectivity index (χ3n) is 7.30. The van der Waals surface area contributed by atoms with Crippen molar-refractivity contribution in [2.24, 2.45) is 0 Å². The number of fused-ring (bicyclic) bond motifs is 1. The molecule has 0 aliphatic rings. The molecule has 0 amide bonds. The van der Waals surface area contributed by atoms with Gasteiger partial charge in [0.1, 0.15) is 0 Å². The average Bonchev–Trinajstić information content (AvgIpc) is 3.40. The highest BCUT2D eigenvalue weighted by Crippen LogP contribution is 2.18. The normalized spacial score (nSPS) is 8.06. The van der Waals surface area contributed by atoms with Crippen molar-refractivity contribution in [1.29, 1.82) is 0 Å². The van der Waals surface area contributed by atoms with Gasteiger partial charge in [0.15, 0.2) is 0 Å². The van der Waals surface area contributed by atoms with E-state index >= 15 is 0 Å². The zero-order chi connectivity index (χ0) is 48.2. The van der Waals surface area contributed by atoms with E-state index in [1.54, 1.807) is 0 Å². The monoisotopic (exact) mass is 845 g/mol. The second kappa shape index (κ2) is 52.2. The molecule has 0 saturated carbocycles. The maximum atomic E-state index is 2.12. The molecule has 0 unspecified atom stereocenters. The van der Waals surface area contributed by atoms with E-state index in [4.69, 9.17) is 0 Å². The van der Waals surface area contributed by atoms with E-state index in [0.717, 1.165) is 0 Å². The Hall–Kier alpha value is -5.98. The topological polar surface area (TPSA) is 0 Å². The molecule has 0 saturated heterocycles. The van der Waals surface area contributed by atoms with Crippen LogP contribution in [-0.4, -0.2) is 0 Å². The van der Waals surface area contributed by atoms with E-state index in [-0.39, 0.29) is 0 Å². The molecule has 0 nitrogen and oxygen atoms in total. The van der Waals surface area contributed by atoms with E-state index in [2.05, 4.69) is 198 Å². The Balaban J connectivity index is -0.000000324. The van der Waals surface area contributed by atoms with Gasteiger partial charge in [0.2, 0.25) is 0 Å². The summed E-state index contributed by atoms with van der Waals surface area (Å²) < 4.78 is 0. The summed E-state index contributed by atoms with van der Waals surface area (Å²) >= 11 is 0. The standard InChI is InChI=1S/2C12H10.C10H8.2C7H8.C3H8.6C2H6/c2*1-3-7-11(8-4-1)12-9-5-2-6-10-12;1-2-6-10-8-4-3-7-9(10)5-1;2*1-7-5-3-2-4-6-7;1-3-2;6*1-2/h2*1-10H;1-8H;2*2-6H,1H3;3H2,1-2H3;6*1-2H3. The molecule has 0 radical (unpaired) electrons. The summed E-state index contributed by atoms with van der Waals surface area (Å²) in [5.74, 6) is 0. The average molecular weight is 845 g/mol. The molecule has 0 heterocycles. The molecule has 0 aliphatic carbocycles. The molecule has 340 valence electrons. The third kappa shape index (κ3) is 35.3. The molecular weight excluding hydrogens is 757 g/mol. The van der Waals surface area contributed by atoms with Crippen molar-refractivity contribution >= 4 is 10.8 Å². The van der Waals surface area contributed by atoms with Crippen LogP contribution < -0.4 is 0 Å². The summed E-state index contributed by atoms with van der Waals surface area (Å²) in [7, 11) is 0. The van der Waals surface area contributed by atoms with Gasteiger partial charge in [0, 0.05) is 0 Å². The molecule has 0 fully saturated rings. The minimum Gasteiger partial charge on any atom is -0.0683 e. The van der Waals surface area contributed by atoms with Crippen LogP contribution in [0, 0.1) is 13.8 Å². The predicted octanol–water partition coefficient (Wildman–Crippen LogP) is 21.1. The highest BCUT2D eigenvalue weighted by atomic mass is 14.0. The first-order valence-electron chi connectivity index (χ1n) is 23.8. The van der Waals surface area contributed by atoms with Crippen molar-refractivity contribution in [3.05, 3.63) is 242 Å². The Labute approximate surface area is 390 Å². The van der Waals surface area contributed by atoms with Crippen molar-refractivity contribution in [1.82, 2.24) is 0 Å². The number of aryl methyl sites for hydroxylation is 2. The molecule has 0 aliphatic heterocycles. The van der Waals surface area contributed by atoms with Gasteiger partial charge in [-0.15, -0.1) is 0 Å². The molecule has 0 aromatic heterocycles. The summed E-state index contributed by atoms with van der Waals surface area (Å²) in [6, 6.07) is 78.8. The third-order valence-corrected chi connectivity index (χ3v) is 7.30. The maximum absolute atomic E-state index is 2.12. The van der Waals surface area contributed by atoms with E-state index in [0.29, 0.717) is 0 Å². The summed E-state index contributed by atoms with van der Waals surface area (Å²) in [6.07, 6.45) is 1.25. The second-order valence-corrected chi connectivity index (χ2v) is 11.8. The minimum absolute atomic E-state index is 1.25. The molecule has 0 bridgehead atoms. The van der Waals surface area contributed by atoms with Crippen LogP contribution in [0.15, 0.2) is 231 Å². The summed E-state index contributed by atoms with van der Waals surface area (Å²) in [5.41, 5.74) is 7.75. The lowest BCUT2D eigenvalue weighted by molar-refractivity contribution is 1.09. The van der Waals surface area contributed by atoms with E-state index in [1.165, 1.54) is 50.6 Å². The van der Waals surface area contributed by atoms with Crippen LogP contribution in [0.5, 0.6) is 0 Å². The summed E-state index contributed by atoms with van der Waals surface area (Å²) in [5, 5.41) is 2.62. The molecule has 0 atom stereocenters. The van der Waals surface area contributed by atoms with Crippen molar-refractivity contribution in [2.75, 3.05) is 0 Å². The van der Waals surface area contributed by atoms with Gasteiger partial charge in [-0.2, -0.15) is 0 Å². The fourth-order valence-electron chi connectivity index (χ4n) is 4.72. The second-order valence-electron chi connectivity index (χ2n) is 11.8. The molecule has 63 heavy (non-hydrogen) atoms. The Morgan fingerprint density at radius 1 is 0.206 bits per heavy atom. The van der Waals surface area contributed by atoms with Gasteiger partial charge in [-0.1, -0.05) is 345 Å². The number of rotatable bonds is 2. The van der Waals surface area contributed by atoms with Crippen LogP contribution in [0.3, 0.4) is 0 Å². The minimum atomic E-state index is 1.25. The summed E-state index contributed by atoms with van der Waals surface area (Å²) in [4.78, 5) is 0. The lowest BCUT2D eigenvalue weighted by Crippen LogP contribution is -1.73. The van der Waals surface area contributed by atoms with Crippen LogP contribution in [-0.2, 0) is 0 Å². The molecule has 8 aromatic rings. The van der Waals surface area contributed by atoms with E-state index < -0.39 is 0 Å². The highest BCUT2D eigenvalue weighted by molar-refractivity contribution is 5.82. The van der Waals surface area contributed by atoms with Gasteiger partial charge < -0.3 is 0 Å². The van der Waals surface area contributed by atoms with Crippen LogP contribution in [0.25, 0.3) is 33.0 Å². The van der Waals surface area contributed by atoms with Crippen LogP contribution >= 0.6 is 0 Å². The molecule has 8 rings (SSSR count). The first kappa shape index (κ1) is 63.7. The highest BCUT2D eigenvalue weighted by Gasteiger charge is 1.93. The largest absolute Gasteiger partial charge is 0.0683 e. The first-order valence-corrected chi connectivity index (χ1v) is 23.8. The Morgan fingerprint density at radius 3 is 0.460 bits per heavy atom. The Bertz CT molecular complexity index is 1700. The van der Waals surface area contributed by atoms with Gasteiger partial charge in [-0.25, -0.2) is 0 Å². The smallest absolute Gasteiger partial charge is 0.0184 e. The molecule has 0 N–H and O–H groups in total. The van der Waals surface area contributed by atoms with Crippen molar-refractivity contribution in [3.63, 3.8) is 0 Å². The Kier molecular flexibility index (Phi) is 52.7. The van der Waals surface area contributed by atoms with E-state index in [1.807, 2.05) is 144 Å². The molecule has 0 spiro atoms. The zero-order valence-electron chi connectivity index (χ0n) is 42.6. The number of benzene rings is 8. The fourth-order valence-corrected chi connectivity index (χ4v) is 4.72. The van der Waals surface area contributed by atoms with Gasteiger partial charge >= 0.3 is 0 Å². The van der Waals surface area contributed by atoms with Gasteiger partial charge in [-0.3, -0.25) is 0 Å². The van der Waals surface area contributed by atoms with Crippen molar-refractivity contribution < 1.29 is 0 Å². The number of hydrogen-bond acceptors (Lipinski definition) is 0. The first-order chi connectivity index (χ1) is 31.1. The quantitative estimate of drug-likeness (QED) is 0.163. The maximum Gasteiger partial charge on any atom is -0.0184 e. The SMILES string of the molecule is CC.CC.CC.CC.CC.CC.CCC.Cc1ccccc1.Cc1ccccc1.c1ccc(-c2ccccc2)cc1.c1ccc(-c2ccccc2)cc1.c1ccc2ccccc2c1. The van der Waals surface area contributed by atoms with Gasteiger partial charge in [0.25, 0.3) is 0 Å². The van der Waals surface area contributed by atoms with Crippen molar-refractivity contribution in [3.8, 4) is 22.3 Å². The van der Waals surface area contributed by atoms with Crippen molar-refractivity contribution in [2.45, 2.75) is 117 Å². The van der Waals surface area contributed by atoms with Gasteiger partial charge in [-0.05, 0) is 46.9 Å². The van der Waals surface area contributed by atoms with Gasteiger partial charge in [0.05, 0.1) is 0 Å². The van der Waals surface area contributed by atoms with E-state index in [9.17, 15) is 0 Å². The lowest BCUT2D eigenvalue weighted by Gasteiger charge is -1.98. The summed E-state index contributed by atoms with van der Waals surface area (Å²) in [6.45, 7) is 32.4. The zero-order valence-corrected chi connectivity index (χ0v) is 42.6. The lowest BCUT2D eigenvalue weighted by atomic mass is 10.1. The molecule has 8 aromatic carbocycles. The predicted molar refractivity (Wildman–Crippen MR) is 294 cm³/mol. The molecule has 0 heteroatoms.